The summed E-state index contributed by atoms with van der Waals surface area (Å²) in [7, 11) is 0. The first-order valence-electron chi connectivity index (χ1n) is 14.2. The van der Waals surface area contributed by atoms with Gasteiger partial charge in [-0.05, 0) is 0 Å². The minimum absolute atomic E-state index is 0.667. The van der Waals surface area contributed by atoms with Crippen LogP contribution in [-0.4, -0.2) is 231 Å². The Morgan fingerprint density at radius 1 is 0.326 bits per heavy atom. The van der Waals surface area contributed by atoms with E-state index in [1.165, 1.54) is 0 Å². The maximum atomic E-state index is 9.94. The van der Waals surface area contributed by atoms with E-state index in [4.69, 9.17) is 38.6 Å². The Balaban J connectivity index is 0.000000250. The fourth-order valence-corrected chi connectivity index (χ4v) is 5.14. The normalized spacial score (nSPS) is 51.7. The molecule has 0 aliphatic carbocycles. The Morgan fingerprint density at radius 2 is 0.630 bits per heavy atom. The van der Waals surface area contributed by atoms with Crippen LogP contribution < -0.4 is 0 Å². The van der Waals surface area contributed by atoms with Crippen molar-refractivity contribution in [1.82, 2.24) is 0 Å². The van der Waals surface area contributed by atoms with Crippen molar-refractivity contribution in [2.75, 3.05) is 26.4 Å². The molecule has 0 aromatic carbocycles. The van der Waals surface area contributed by atoms with Gasteiger partial charge in [-0.3, -0.25) is 0 Å². The Hall–Kier alpha value is -0.880. The zero-order valence-corrected chi connectivity index (χ0v) is 24.0. The molecule has 0 unspecified atom stereocenters. The Labute approximate surface area is 260 Å². The molecule has 22 heteroatoms. The fourth-order valence-electron chi connectivity index (χ4n) is 5.14. The molecule has 4 fully saturated rings. The van der Waals surface area contributed by atoms with E-state index < -0.39 is 149 Å². The fraction of sp³-hybridized carbons (Fsp3) is 1.00. The molecule has 4 saturated heterocycles. The highest BCUT2D eigenvalue weighted by molar-refractivity contribution is 4.95. The van der Waals surface area contributed by atoms with Crippen molar-refractivity contribution in [1.29, 1.82) is 0 Å². The van der Waals surface area contributed by atoms with Crippen LogP contribution in [0.4, 0.5) is 0 Å². The lowest BCUT2D eigenvalue weighted by Gasteiger charge is -2.45. The van der Waals surface area contributed by atoms with Crippen LogP contribution in [0.5, 0.6) is 0 Å². The monoisotopic (exact) mass is 684 g/mol. The lowest BCUT2D eigenvalue weighted by Crippen LogP contribution is -2.64. The van der Waals surface area contributed by atoms with Gasteiger partial charge in [0.15, 0.2) is 25.2 Å². The van der Waals surface area contributed by atoms with Crippen LogP contribution in [0.2, 0.25) is 0 Å². The van der Waals surface area contributed by atoms with Crippen LogP contribution >= 0.6 is 0 Å². The van der Waals surface area contributed by atoms with E-state index in [1.54, 1.807) is 0 Å². The number of ether oxygens (including phenoxy) is 6. The molecule has 4 rings (SSSR count). The molecule has 16 N–H and O–H groups in total. The van der Waals surface area contributed by atoms with E-state index >= 15 is 0 Å². The van der Waals surface area contributed by atoms with Gasteiger partial charge in [0, 0.05) is 0 Å². The molecule has 4 heterocycles. The zero-order valence-electron chi connectivity index (χ0n) is 24.0. The van der Waals surface area contributed by atoms with Crippen LogP contribution in [-0.2, 0) is 28.4 Å². The van der Waals surface area contributed by atoms with Crippen LogP contribution in [0.15, 0.2) is 0 Å². The molecule has 20 atom stereocenters. The number of hydrogen-bond acceptors (Lipinski definition) is 22. The standard InChI is InChI=1S/2C12H22O11/c2*13-1-3-5(15)6(16)9(19)12(22-3)23-10-4(2-14)21-11(20)8(18)7(10)17/h2*3-20H,1-2H2/t3-,4-,5-,6+,7-,8-,9-,10-,11-,12+;3-,4-,5-,6+,7-,8-,9-,10-,11-,12-/m11/s1. The summed E-state index contributed by atoms with van der Waals surface area (Å²) in [4.78, 5) is 0. The van der Waals surface area contributed by atoms with Crippen molar-refractivity contribution in [2.24, 2.45) is 0 Å². The van der Waals surface area contributed by atoms with Crippen molar-refractivity contribution in [3.63, 3.8) is 0 Å². The van der Waals surface area contributed by atoms with Crippen molar-refractivity contribution in [3.8, 4) is 0 Å². The predicted molar refractivity (Wildman–Crippen MR) is 137 cm³/mol. The third kappa shape index (κ3) is 8.45. The predicted octanol–water partition coefficient (Wildman–Crippen LogP) is -10.8. The number of rotatable bonds is 8. The summed E-state index contributed by atoms with van der Waals surface area (Å²) < 4.78 is 30.5. The molecular weight excluding hydrogens is 640 g/mol. The summed E-state index contributed by atoms with van der Waals surface area (Å²) in [5, 5.41) is 153. The molecule has 0 spiro atoms. The highest BCUT2D eigenvalue weighted by Crippen LogP contribution is 2.30. The van der Waals surface area contributed by atoms with Crippen molar-refractivity contribution in [2.45, 2.75) is 123 Å². The van der Waals surface area contributed by atoms with E-state index in [9.17, 15) is 71.5 Å². The van der Waals surface area contributed by atoms with Gasteiger partial charge in [-0.2, -0.15) is 0 Å². The minimum Gasteiger partial charge on any atom is -0.394 e. The smallest absolute Gasteiger partial charge is 0.187 e. The van der Waals surface area contributed by atoms with Gasteiger partial charge >= 0.3 is 0 Å². The molecule has 4 aliphatic rings. The van der Waals surface area contributed by atoms with Crippen molar-refractivity contribution in [3.05, 3.63) is 0 Å². The SMILES string of the molecule is OC[C@H]1O[C@@H](O[C@H]2[C@H](O)[C@@H](O)[C@H](O)O[C@@H]2CO)[C@H](O)[C@@H](O)[C@@H]1O.OC[C@H]1O[C@H](O[C@H]2[C@H](O)[C@@H](O)[C@H](O)O[C@@H]2CO)[C@H](O)[C@@H](O)[C@@H]1O. The number of hydrogen-bond donors (Lipinski definition) is 16. The lowest BCUT2D eigenvalue weighted by atomic mass is 9.97. The number of aliphatic hydroxyl groups excluding tert-OH is 16. The molecule has 0 amide bonds. The van der Waals surface area contributed by atoms with Crippen molar-refractivity contribution >= 4 is 0 Å². The topological polar surface area (TPSA) is 379 Å². The summed E-state index contributed by atoms with van der Waals surface area (Å²) >= 11 is 0. The van der Waals surface area contributed by atoms with Crippen LogP contribution in [0.3, 0.4) is 0 Å². The van der Waals surface area contributed by atoms with Crippen LogP contribution in [0, 0.1) is 0 Å². The molecule has 0 bridgehead atoms. The molecular formula is C24H44O22. The van der Waals surface area contributed by atoms with E-state index in [0.717, 1.165) is 0 Å². The maximum absolute atomic E-state index is 9.94. The Morgan fingerprint density at radius 3 is 0.913 bits per heavy atom. The molecule has 0 aromatic heterocycles. The van der Waals surface area contributed by atoms with Gasteiger partial charge in [0.25, 0.3) is 0 Å². The van der Waals surface area contributed by atoms with Gasteiger partial charge in [0.2, 0.25) is 0 Å². The first-order chi connectivity index (χ1) is 21.6. The van der Waals surface area contributed by atoms with Gasteiger partial charge in [-0.25, -0.2) is 0 Å². The lowest BCUT2D eigenvalue weighted by molar-refractivity contribution is -0.355. The van der Waals surface area contributed by atoms with Crippen LogP contribution in [0.25, 0.3) is 0 Å². The molecule has 272 valence electrons. The van der Waals surface area contributed by atoms with Crippen molar-refractivity contribution < 1.29 is 110 Å². The number of aliphatic hydroxyl groups is 16. The molecule has 22 nitrogen and oxygen atoms in total. The Bertz CT molecular complexity index is 826. The molecule has 0 saturated carbocycles. The quantitative estimate of drug-likeness (QED) is 0.113. The van der Waals surface area contributed by atoms with Gasteiger partial charge in [0.05, 0.1) is 26.4 Å². The average Bonchev–Trinajstić information content (AvgIpc) is 3.05. The van der Waals surface area contributed by atoms with Gasteiger partial charge < -0.3 is 110 Å². The summed E-state index contributed by atoms with van der Waals surface area (Å²) in [6.45, 7) is -2.69. The molecule has 4 aliphatic heterocycles. The van der Waals surface area contributed by atoms with Gasteiger partial charge in [-0.15, -0.1) is 0 Å². The largest absolute Gasteiger partial charge is 0.394 e. The Kier molecular flexibility index (Phi) is 14.8. The first-order valence-corrected chi connectivity index (χ1v) is 14.2. The third-order valence-electron chi connectivity index (χ3n) is 7.96. The summed E-state index contributed by atoms with van der Waals surface area (Å²) in [5.74, 6) is 0. The molecule has 0 radical (unpaired) electrons. The maximum Gasteiger partial charge on any atom is 0.187 e. The summed E-state index contributed by atoms with van der Waals surface area (Å²) in [6, 6.07) is 0. The van der Waals surface area contributed by atoms with Gasteiger partial charge in [0.1, 0.15) is 97.7 Å². The summed E-state index contributed by atoms with van der Waals surface area (Å²) in [6.07, 6.45) is -31.1. The minimum atomic E-state index is -1.74. The molecule has 0 aromatic rings. The average molecular weight is 685 g/mol. The van der Waals surface area contributed by atoms with E-state index in [2.05, 4.69) is 0 Å². The third-order valence-corrected chi connectivity index (χ3v) is 7.96. The van der Waals surface area contributed by atoms with Gasteiger partial charge in [-0.1, -0.05) is 0 Å². The van der Waals surface area contributed by atoms with Crippen LogP contribution in [0.1, 0.15) is 0 Å². The van der Waals surface area contributed by atoms with E-state index in [1.807, 2.05) is 0 Å². The summed E-state index contributed by atoms with van der Waals surface area (Å²) in [5.41, 5.74) is 0. The second kappa shape index (κ2) is 17.2. The second-order valence-corrected chi connectivity index (χ2v) is 11.1. The molecule has 46 heavy (non-hydrogen) atoms. The van der Waals surface area contributed by atoms with E-state index in [-0.39, 0.29) is 0 Å². The highest BCUT2D eigenvalue weighted by Gasteiger charge is 2.51. The highest BCUT2D eigenvalue weighted by atomic mass is 16.7. The van der Waals surface area contributed by atoms with E-state index in [0.29, 0.717) is 0 Å². The first kappa shape index (κ1) is 39.6. The second-order valence-electron chi connectivity index (χ2n) is 11.1. The zero-order chi connectivity index (χ0) is 34.6.